The zero-order valence-corrected chi connectivity index (χ0v) is 12.0. The molecule has 3 aromatic rings. The van der Waals surface area contributed by atoms with Crippen LogP contribution in [0.1, 0.15) is 17.3 Å². The number of hydrogen-bond donors (Lipinski definition) is 1. The van der Waals surface area contributed by atoms with Crippen LogP contribution in [0.4, 0.5) is 4.39 Å². The molecule has 21 heavy (non-hydrogen) atoms. The van der Waals surface area contributed by atoms with Crippen LogP contribution >= 0.6 is 0 Å². The van der Waals surface area contributed by atoms with Gasteiger partial charge < -0.3 is 5.32 Å². The number of likely N-dealkylation sites (N-methyl/N-ethyl adjacent to an activating group) is 1. The summed E-state index contributed by atoms with van der Waals surface area (Å²) in [5, 5.41) is 8.93. The third kappa shape index (κ3) is 2.64. The van der Waals surface area contributed by atoms with Gasteiger partial charge in [0.2, 0.25) is 0 Å². The van der Waals surface area contributed by atoms with E-state index >= 15 is 0 Å². The van der Waals surface area contributed by atoms with Gasteiger partial charge in [-0.25, -0.2) is 4.39 Å². The second kappa shape index (κ2) is 5.61. The number of benzene rings is 1. The summed E-state index contributed by atoms with van der Waals surface area (Å²) >= 11 is 0. The molecule has 1 unspecified atom stereocenters. The summed E-state index contributed by atoms with van der Waals surface area (Å²) in [6, 6.07) is 9.61. The summed E-state index contributed by atoms with van der Waals surface area (Å²) in [4.78, 5) is 3.92. The van der Waals surface area contributed by atoms with Crippen LogP contribution in [0.25, 0.3) is 10.9 Å². The van der Waals surface area contributed by atoms with Gasteiger partial charge in [0.05, 0.1) is 17.4 Å². The van der Waals surface area contributed by atoms with E-state index < -0.39 is 0 Å². The Labute approximate surface area is 122 Å². The average molecular weight is 284 g/mol. The molecule has 0 spiro atoms. The Morgan fingerprint density at radius 3 is 2.86 bits per heavy atom. The molecule has 108 valence electrons. The number of fused-ring (bicyclic) bond motifs is 1. The van der Waals surface area contributed by atoms with Gasteiger partial charge in [-0.1, -0.05) is 18.2 Å². The molecule has 0 fully saturated rings. The van der Waals surface area contributed by atoms with Crippen molar-refractivity contribution in [2.45, 2.75) is 12.5 Å². The molecule has 1 N–H and O–H groups in total. The predicted octanol–water partition coefficient (Wildman–Crippen LogP) is 2.61. The molecule has 0 aliphatic heterocycles. The first-order chi connectivity index (χ1) is 10.2. The highest BCUT2D eigenvalue weighted by atomic mass is 19.1. The zero-order valence-electron chi connectivity index (χ0n) is 12.0. The predicted molar refractivity (Wildman–Crippen MR) is 80.4 cm³/mol. The highest BCUT2D eigenvalue weighted by Gasteiger charge is 2.16. The highest BCUT2D eigenvalue weighted by Crippen LogP contribution is 2.23. The number of hydrogen-bond acceptors (Lipinski definition) is 3. The molecule has 4 nitrogen and oxygen atoms in total. The lowest BCUT2D eigenvalue weighted by Gasteiger charge is -2.15. The number of aromatic nitrogens is 3. The Kier molecular flexibility index (Phi) is 3.66. The van der Waals surface area contributed by atoms with Gasteiger partial charge in [0.25, 0.3) is 0 Å². The normalized spacial score (nSPS) is 12.7. The minimum Gasteiger partial charge on any atom is -0.313 e. The van der Waals surface area contributed by atoms with E-state index in [-0.39, 0.29) is 11.9 Å². The molecule has 0 radical (unpaired) electrons. The number of halogens is 1. The van der Waals surface area contributed by atoms with E-state index in [1.807, 2.05) is 37.0 Å². The number of nitrogens with one attached hydrogen (secondary N) is 1. The molecule has 1 atom stereocenters. The minimum atomic E-state index is -0.321. The molecule has 0 aliphatic rings. The number of rotatable bonds is 4. The van der Waals surface area contributed by atoms with Crippen molar-refractivity contribution in [3.05, 3.63) is 59.8 Å². The van der Waals surface area contributed by atoms with Crippen LogP contribution in [-0.2, 0) is 13.5 Å². The maximum atomic E-state index is 13.3. The number of nitrogens with zero attached hydrogens (tertiary/aromatic N) is 3. The van der Waals surface area contributed by atoms with Gasteiger partial charge >= 0.3 is 0 Å². The molecule has 0 bridgehead atoms. The van der Waals surface area contributed by atoms with Crippen LogP contribution in [0.15, 0.2) is 42.7 Å². The van der Waals surface area contributed by atoms with E-state index in [2.05, 4.69) is 21.5 Å². The number of aryl methyl sites for hydroxylation is 1. The standard InChI is InChI=1S/C16H17FN4/c1-18-14(11-7-12(17)10-19-9-11)8-15-13-5-3-4-6-16(13)21(2)20-15/h3-7,9-10,14,18H,8H2,1-2H3. The maximum absolute atomic E-state index is 13.3. The van der Waals surface area contributed by atoms with Gasteiger partial charge in [-0.05, 0) is 24.7 Å². The Morgan fingerprint density at radius 1 is 1.29 bits per heavy atom. The van der Waals surface area contributed by atoms with E-state index in [9.17, 15) is 4.39 Å². The molecular weight excluding hydrogens is 267 g/mol. The van der Waals surface area contributed by atoms with Gasteiger partial charge in [0.15, 0.2) is 0 Å². The maximum Gasteiger partial charge on any atom is 0.141 e. The summed E-state index contributed by atoms with van der Waals surface area (Å²) < 4.78 is 15.2. The van der Waals surface area contributed by atoms with Crippen molar-refractivity contribution in [1.29, 1.82) is 0 Å². The molecule has 0 amide bonds. The zero-order chi connectivity index (χ0) is 14.8. The summed E-state index contributed by atoms with van der Waals surface area (Å²) in [6.07, 6.45) is 3.59. The van der Waals surface area contributed by atoms with E-state index in [1.165, 1.54) is 12.3 Å². The molecule has 0 saturated heterocycles. The molecule has 1 aromatic carbocycles. The molecule has 5 heteroatoms. The molecular formula is C16H17FN4. The van der Waals surface area contributed by atoms with E-state index in [0.29, 0.717) is 6.42 Å². The first-order valence-corrected chi connectivity index (χ1v) is 6.87. The van der Waals surface area contributed by atoms with Gasteiger partial charge in [0.1, 0.15) is 5.82 Å². The second-order valence-electron chi connectivity index (χ2n) is 5.07. The molecule has 2 aromatic heterocycles. The van der Waals surface area contributed by atoms with Crippen molar-refractivity contribution in [3.8, 4) is 0 Å². The SMILES string of the molecule is CNC(Cc1nn(C)c2ccccc12)c1cncc(F)c1. The Hall–Kier alpha value is -2.27. The quantitative estimate of drug-likeness (QED) is 0.801. The molecule has 0 saturated carbocycles. The van der Waals surface area contributed by atoms with Crippen molar-refractivity contribution in [1.82, 2.24) is 20.1 Å². The minimum absolute atomic E-state index is 0.0218. The first-order valence-electron chi connectivity index (χ1n) is 6.87. The van der Waals surface area contributed by atoms with Gasteiger partial charge in [-0.3, -0.25) is 9.67 Å². The van der Waals surface area contributed by atoms with E-state index in [1.54, 1.807) is 6.20 Å². The monoisotopic (exact) mass is 284 g/mol. The molecule has 3 rings (SSSR count). The fourth-order valence-corrected chi connectivity index (χ4v) is 2.64. The molecule has 2 heterocycles. The van der Waals surface area contributed by atoms with Crippen LogP contribution in [0.5, 0.6) is 0 Å². The third-order valence-electron chi connectivity index (χ3n) is 3.71. The lowest BCUT2D eigenvalue weighted by molar-refractivity contribution is 0.563. The largest absolute Gasteiger partial charge is 0.313 e. The lowest BCUT2D eigenvalue weighted by Crippen LogP contribution is -2.19. The van der Waals surface area contributed by atoms with Crippen molar-refractivity contribution in [3.63, 3.8) is 0 Å². The summed E-state index contributed by atoms with van der Waals surface area (Å²) in [5.74, 6) is -0.321. The van der Waals surface area contributed by atoms with Crippen molar-refractivity contribution in [2.75, 3.05) is 7.05 Å². The fourth-order valence-electron chi connectivity index (χ4n) is 2.64. The van der Waals surface area contributed by atoms with Crippen molar-refractivity contribution in [2.24, 2.45) is 7.05 Å². The highest BCUT2D eigenvalue weighted by molar-refractivity contribution is 5.81. The summed E-state index contributed by atoms with van der Waals surface area (Å²) in [7, 11) is 3.80. The molecule has 0 aliphatic carbocycles. The van der Waals surface area contributed by atoms with E-state index in [4.69, 9.17) is 0 Å². The lowest BCUT2D eigenvalue weighted by atomic mass is 10.0. The first kappa shape index (κ1) is 13.7. The van der Waals surface area contributed by atoms with Crippen LogP contribution in [0.2, 0.25) is 0 Å². The summed E-state index contributed by atoms with van der Waals surface area (Å²) in [6.45, 7) is 0. The van der Waals surface area contributed by atoms with Crippen LogP contribution in [-0.4, -0.2) is 21.8 Å². The Morgan fingerprint density at radius 2 is 2.10 bits per heavy atom. The van der Waals surface area contributed by atoms with Gasteiger partial charge in [-0.15, -0.1) is 0 Å². The third-order valence-corrected chi connectivity index (χ3v) is 3.71. The van der Waals surface area contributed by atoms with Crippen LogP contribution in [0.3, 0.4) is 0 Å². The van der Waals surface area contributed by atoms with E-state index in [0.717, 1.165) is 22.2 Å². The number of pyridine rings is 1. The van der Waals surface area contributed by atoms with Gasteiger partial charge in [0, 0.05) is 31.1 Å². The van der Waals surface area contributed by atoms with Gasteiger partial charge in [-0.2, -0.15) is 5.10 Å². The summed E-state index contributed by atoms with van der Waals surface area (Å²) in [5.41, 5.74) is 2.92. The smallest absolute Gasteiger partial charge is 0.141 e. The van der Waals surface area contributed by atoms with Crippen LogP contribution < -0.4 is 5.32 Å². The fraction of sp³-hybridized carbons (Fsp3) is 0.250. The van der Waals surface area contributed by atoms with Crippen LogP contribution in [0, 0.1) is 5.82 Å². The Balaban J connectivity index is 1.96. The second-order valence-corrected chi connectivity index (χ2v) is 5.07. The average Bonchev–Trinajstić information content (AvgIpc) is 2.82. The number of para-hydroxylation sites is 1. The Bertz CT molecular complexity index is 766. The topological polar surface area (TPSA) is 42.7 Å². The van der Waals surface area contributed by atoms with Crippen molar-refractivity contribution < 1.29 is 4.39 Å². The van der Waals surface area contributed by atoms with Crippen molar-refractivity contribution >= 4 is 10.9 Å².